The molecule has 0 amide bonds. The van der Waals surface area contributed by atoms with Gasteiger partial charge < -0.3 is 0 Å². The molecule has 0 aliphatic heterocycles. The maximum atomic E-state index is 11.8. The summed E-state index contributed by atoms with van der Waals surface area (Å²) in [7, 11) is 0. The van der Waals surface area contributed by atoms with Crippen molar-refractivity contribution in [1.29, 1.82) is 0 Å². The molecule has 0 rings (SSSR count). The Balaban J connectivity index is 6.43. The summed E-state index contributed by atoms with van der Waals surface area (Å²) in [6.07, 6.45) is 27.7. The van der Waals surface area contributed by atoms with Crippen molar-refractivity contribution in [2.24, 2.45) is 0 Å². The van der Waals surface area contributed by atoms with Crippen molar-refractivity contribution in [3.8, 4) is 0 Å². The van der Waals surface area contributed by atoms with E-state index in [-0.39, 0.29) is 6.10 Å². The van der Waals surface area contributed by atoms with Gasteiger partial charge in [-0.05, 0) is 0 Å². The first-order valence-electron chi connectivity index (χ1n) is 18.1. The van der Waals surface area contributed by atoms with E-state index in [1.165, 1.54) is 122 Å². The van der Waals surface area contributed by atoms with E-state index >= 15 is 0 Å². The molecule has 0 bridgehead atoms. The van der Waals surface area contributed by atoms with Crippen LogP contribution in [0.25, 0.3) is 0 Å². The first-order valence-corrected chi connectivity index (χ1v) is 33.5. The van der Waals surface area contributed by atoms with E-state index < -0.39 is 36.8 Å². The van der Waals surface area contributed by atoms with E-state index in [9.17, 15) is 5.11 Å². The Morgan fingerprint density at radius 3 is 1.00 bits per heavy atom. The van der Waals surface area contributed by atoms with E-state index in [0.717, 1.165) is 8.37 Å². The number of hydrogen-bond acceptors (Lipinski definition) is 1. The second kappa shape index (κ2) is 26.2. The average Bonchev–Trinajstić information content (AvgIpc) is 2.93. The van der Waals surface area contributed by atoms with E-state index in [0.29, 0.717) is 0 Å². The van der Waals surface area contributed by atoms with E-state index in [1.54, 1.807) is 26.6 Å². The quantitative estimate of drug-likeness (QED) is 0.0596. The first-order chi connectivity index (χ1) is 18.5. The maximum absolute atomic E-state index is 11.8. The Morgan fingerprint density at radius 2 is 0.684 bits per heavy atom. The summed E-state index contributed by atoms with van der Waals surface area (Å²) < 4.78 is 11.0. The zero-order chi connectivity index (χ0) is 28.5. The fraction of sp³-hybridized carbons (Fsp3) is 1.00. The molecule has 3 heteroatoms. The van der Waals surface area contributed by atoms with Gasteiger partial charge >= 0.3 is 253 Å². The molecule has 0 aliphatic carbocycles. The van der Waals surface area contributed by atoms with Crippen molar-refractivity contribution in [1.82, 2.24) is 0 Å². The fourth-order valence-electron chi connectivity index (χ4n) is 7.67. The van der Waals surface area contributed by atoms with Crippen LogP contribution in [-0.4, -0.2) is 48.0 Å². The molecule has 0 aromatic carbocycles. The summed E-state index contributed by atoms with van der Waals surface area (Å²) in [6, 6.07) is 0. The van der Waals surface area contributed by atoms with E-state index in [1.807, 2.05) is 0 Å². The predicted octanol–water partition coefficient (Wildman–Crippen LogP) is 13.1. The zero-order valence-electron chi connectivity index (χ0n) is 28.0. The van der Waals surface area contributed by atoms with Gasteiger partial charge in [-0.15, -0.1) is 0 Å². The Labute approximate surface area is 251 Å². The molecular formula is C35H76OSn2. The normalized spacial score (nSPS) is 13.5. The van der Waals surface area contributed by atoms with Gasteiger partial charge in [-0.2, -0.15) is 0 Å². The molecule has 0 fully saturated rings. The Morgan fingerprint density at radius 1 is 0.395 bits per heavy atom. The molecule has 0 spiro atoms. The predicted molar refractivity (Wildman–Crippen MR) is 182 cm³/mol. The van der Waals surface area contributed by atoms with Crippen LogP contribution in [0, 0.1) is 0 Å². The van der Waals surface area contributed by atoms with Crippen LogP contribution in [-0.2, 0) is 0 Å². The topological polar surface area (TPSA) is 20.2 Å². The van der Waals surface area contributed by atoms with Crippen molar-refractivity contribution in [2.75, 3.05) is 0 Å². The molecule has 1 nitrogen and oxygen atoms in total. The van der Waals surface area contributed by atoms with Crippen molar-refractivity contribution in [2.45, 2.75) is 212 Å². The SMILES string of the molecule is CCCCCCCCC(O)C[CH]([Sn]([CH2]CCC)([CH2]CCC)[CH2]CCC)[Sn]([CH2]CCC)([CH2]CCC)[CH2]CCC. The van der Waals surface area contributed by atoms with Gasteiger partial charge in [-0.25, -0.2) is 0 Å². The van der Waals surface area contributed by atoms with Gasteiger partial charge in [-0.3, -0.25) is 0 Å². The van der Waals surface area contributed by atoms with Crippen molar-refractivity contribution in [3.05, 3.63) is 0 Å². The molecule has 0 heterocycles. The molecule has 0 radical (unpaired) electrons. The fourth-order valence-corrected chi connectivity index (χ4v) is 85.6. The molecule has 1 atom stereocenters. The van der Waals surface area contributed by atoms with Gasteiger partial charge in [0.25, 0.3) is 0 Å². The third kappa shape index (κ3) is 16.3. The number of unbranched alkanes of at least 4 members (excludes halogenated alkanes) is 11. The first kappa shape index (κ1) is 39.6. The summed E-state index contributed by atoms with van der Waals surface area (Å²) in [6.45, 7) is 17.0. The van der Waals surface area contributed by atoms with Crippen LogP contribution in [0.4, 0.5) is 0 Å². The van der Waals surface area contributed by atoms with Crippen molar-refractivity contribution < 1.29 is 5.11 Å². The standard InChI is InChI=1S/C11H22O.6C4H9.2Sn/c1-3-5-6-7-8-9-10-11(12)4-2;6*1-3-4-2;;/h2,11-12H,3-10H2,1H3;6*1,3-4H2,2H3;;. The molecule has 0 aliphatic rings. The molecule has 230 valence electrons. The summed E-state index contributed by atoms with van der Waals surface area (Å²) in [4.78, 5) is 0. The van der Waals surface area contributed by atoms with Gasteiger partial charge in [-0.1, -0.05) is 0 Å². The molecular weight excluding hydrogens is 674 g/mol. The van der Waals surface area contributed by atoms with Gasteiger partial charge in [0, 0.05) is 0 Å². The number of rotatable bonds is 29. The zero-order valence-corrected chi connectivity index (χ0v) is 33.7. The van der Waals surface area contributed by atoms with Crippen molar-refractivity contribution >= 4 is 36.8 Å². The van der Waals surface area contributed by atoms with Gasteiger partial charge in [0.05, 0.1) is 0 Å². The second-order valence-corrected chi connectivity index (χ2v) is 46.1. The summed E-state index contributed by atoms with van der Waals surface area (Å²) in [5, 5.41) is 11.8. The van der Waals surface area contributed by atoms with Gasteiger partial charge in [0.2, 0.25) is 0 Å². The van der Waals surface area contributed by atoms with E-state index in [4.69, 9.17) is 0 Å². The number of hydrogen-bond donors (Lipinski definition) is 1. The monoisotopic (exact) mass is 752 g/mol. The van der Waals surface area contributed by atoms with Crippen LogP contribution in [0.15, 0.2) is 0 Å². The summed E-state index contributed by atoms with van der Waals surface area (Å²) in [5.41, 5.74) is 0. The molecule has 0 aromatic heterocycles. The van der Waals surface area contributed by atoms with Crippen LogP contribution in [0.3, 0.4) is 0 Å². The Bertz CT molecular complexity index is 419. The number of aliphatic hydroxyl groups is 1. The third-order valence-electron chi connectivity index (χ3n) is 10.0. The van der Waals surface area contributed by atoms with Gasteiger partial charge in [0.15, 0.2) is 0 Å². The van der Waals surface area contributed by atoms with Crippen LogP contribution >= 0.6 is 0 Å². The molecule has 0 aromatic rings. The van der Waals surface area contributed by atoms with Crippen LogP contribution in [0.2, 0.25) is 28.6 Å². The molecule has 1 unspecified atom stereocenters. The molecule has 1 N–H and O–H groups in total. The van der Waals surface area contributed by atoms with Gasteiger partial charge in [0.1, 0.15) is 0 Å². The third-order valence-corrected chi connectivity index (χ3v) is 66.4. The molecule has 0 saturated carbocycles. The van der Waals surface area contributed by atoms with Crippen LogP contribution in [0.1, 0.15) is 177 Å². The minimum absolute atomic E-state index is 0.00640. The second-order valence-electron chi connectivity index (χ2n) is 13.3. The molecule has 0 saturated heterocycles. The summed E-state index contributed by atoms with van der Waals surface area (Å²) in [5.74, 6) is 0. The van der Waals surface area contributed by atoms with Crippen LogP contribution in [0.5, 0.6) is 0 Å². The van der Waals surface area contributed by atoms with E-state index in [2.05, 4.69) is 48.5 Å². The average molecular weight is 750 g/mol. The number of aliphatic hydroxyl groups excluding tert-OH is 1. The summed E-state index contributed by atoms with van der Waals surface area (Å²) >= 11 is -4.96. The minimum atomic E-state index is -2.48. The Hall–Kier alpha value is 1.56. The molecule has 38 heavy (non-hydrogen) atoms. The Kier molecular flexibility index (Phi) is 27.3. The van der Waals surface area contributed by atoms with Crippen molar-refractivity contribution in [3.63, 3.8) is 0 Å². The van der Waals surface area contributed by atoms with Crippen LogP contribution < -0.4 is 0 Å².